The first-order valence-corrected chi connectivity index (χ1v) is 6.60. The van der Waals surface area contributed by atoms with E-state index in [2.05, 4.69) is 15.5 Å². The molecule has 0 fully saturated rings. The predicted octanol–water partition coefficient (Wildman–Crippen LogP) is 1.61. The Hall–Kier alpha value is -2.02. The van der Waals surface area contributed by atoms with Crippen LogP contribution in [0.2, 0.25) is 0 Å². The average molecular weight is 278 g/mol. The number of hydrogen-bond acceptors (Lipinski definition) is 5. The fraction of sp³-hybridized carbons (Fsp3) is 0.333. The quantitative estimate of drug-likeness (QED) is 0.925. The number of pyridine rings is 1. The lowest BCUT2D eigenvalue weighted by atomic mass is 10.2. The summed E-state index contributed by atoms with van der Waals surface area (Å²) in [5.74, 6) is -0.0252. The number of aryl methyl sites for hydroxylation is 1. The Morgan fingerprint density at radius 3 is 2.68 bits per heavy atom. The third kappa shape index (κ3) is 3.05. The molecule has 0 aromatic carbocycles. The molecule has 2 heterocycles. The molecule has 2 rings (SSSR count). The number of aromatic nitrogens is 3. The number of hydrogen-bond donors (Lipinski definition) is 1. The van der Waals surface area contributed by atoms with Gasteiger partial charge in [0.15, 0.2) is 0 Å². The van der Waals surface area contributed by atoms with E-state index in [9.17, 15) is 9.59 Å². The Morgan fingerprint density at radius 2 is 2.11 bits per heavy atom. The maximum absolute atomic E-state index is 12.0. The van der Waals surface area contributed by atoms with Crippen LogP contribution in [0.4, 0.5) is 5.13 Å². The van der Waals surface area contributed by atoms with Crippen molar-refractivity contribution in [3.05, 3.63) is 39.3 Å². The molecule has 19 heavy (non-hydrogen) atoms. The molecule has 7 heteroatoms. The Bertz CT molecular complexity index is 660. The topological polar surface area (TPSA) is 76.9 Å². The minimum atomic E-state index is -0.304. The van der Waals surface area contributed by atoms with Crippen LogP contribution < -0.4 is 10.9 Å². The summed E-state index contributed by atoms with van der Waals surface area (Å²) in [4.78, 5) is 23.2. The molecule has 100 valence electrons. The van der Waals surface area contributed by atoms with Crippen molar-refractivity contribution in [1.29, 1.82) is 0 Å². The molecule has 0 unspecified atom stereocenters. The highest BCUT2D eigenvalue weighted by Crippen LogP contribution is 2.22. The van der Waals surface area contributed by atoms with Crippen LogP contribution in [-0.2, 0) is 7.05 Å². The molecule has 0 saturated heterocycles. The summed E-state index contributed by atoms with van der Waals surface area (Å²) in [6.07, 6.45) is 1.49. The third-order valence-corrected chi connectivity index (χ3v) is 3.64. The molecule has 0 aliphatic rings. The summed E-state index contributed by atoms with van der Waals surface area (Å²) in [6.45, 7) is 4.03. The molecule has 0 bridgehead atoms. The Balaban J connectivity index is 2.15. The fourth-order valence-corrected chi connectivity index (χ4v) is 2.16. The number of anilines is 1. The molecule has 0 aliphatic heterocycles. The SMILES string of the molecule is CC(C)c1nnc(NC(=O)c2ccc(=O)n(C)c2)s1. The Morgan fingerprint density at radius 1 is 1.37 bits per heavy atom. The number of carbonyl (C=O) groups is 1. The van der Waals surface area contributed by atoms with Crippen molar-refractivity contribution in [3.8, 4) is 0 Å². The lowest BCUT2D eigenvalue weighted by Gasteiger charge is -2.02. The third-order valence-electron chi connectivity index (χ3n) is 2.50. The van der Waals surface area contributed by atoms with Gasteiger partial charge in [0.05, 0.1) is 5.56 Å². The Labute approximate surface area is 114 Å². The molecule has 0 saturated carbocycles. The first-order chi connectivity index (χ1) is 8.97. The van der Waals surface area contributed by atoms with Crippen LogP contribution in [0.25, 0.3) is 0 Å². The van der Waals surface area contributed by atoms with E-state index < -0.39 is 0 Å². The summed E-state index contributed by atoms with van der Waals surface area (Å²) in [6, 6.07) is 2.84. The van der Waals surface area contributed by atoms with Gasteiger partial charge in [-0.1, -0.05) is 25.2 Å². The van der Waals surface area contributed by atoms with Crippen LogP contribution in [0.15, 0.2) is 23.1 Å². The van der Waals surface area contributed by atoms with Gasteiger partial charge in [-0.25, -0.2) is 0 Å². The van der Waals surface area contributed by atoms with Gasteiger partial charge in [-0.05, 0) is 6.07 Å². The van der Waals surface area contributed by atoms with Crippen LogP contribution in [0.5, 0.6) is 0 Å². The molecule has 0 atom stereocenters. The smallest absolute Gasteiger partial charge is 0.258 e. The van der Waals surface area contributed by atoms with Gasteiger partial charge in [0.25, 0.3) is 5.91 Å². The van der Waals surface area contributed by atoms with Crippen LogP contribution in [0.3, 0.4) is 0 Å². The molecular formula is C12H14N4O2S. The zero-order valence-corrected chi connectivity index (χ0v) is 11.7. The highest BCUT2D eigenvalue weighted by atomic mass is 32.1. The van der Waals surface area contributed by atoms with Crippen molar-refractivity contribution in [2.45, 2.75) is 19.8 Å². The van der Waals surface area contributed by atoms with Gasteiger partial charge < -0.3 is 4.57 Å². The van der Waals surface area contributed by atoms with E-state index >= 15 is 0 Å². The van der Waals surface area contributed by atoms with Gasteiger partial charge in [-0.15, -0.1) is 10.2 Å². The summed E-state index contributed by atoms with van der Waals surface area (Å²) < 4.78 is 1.36. The number of amides is 1. The highest BCUT2D eigenvalue weighted by Gasteiger charge is 2.12. The first kappa shape index (κ1) is 13.4. The second-order valence-electron chi connectivity index (χ2n) is 4.42. The fourth-order valence-electron chi connectivity index (χ4n) is 1.42. The van der Waals surface area contributed by atoms with Crippen LogP contribution >= 0.6 is 11.3 Å². The van der Waals surface area contributed by atoms with Crippen molar-refractivity contribution < 1.29 is 4.79 Å². The van der Waals surface area contributed by atoms with Crippen molar-refractivity contribution in [2.75, 3.05) is 5.32 Å². The van der Waals surface area contributed by atoms with E-state index in [1.165, 1.54) is 34.2 Å². The second-order valence-corrected chi connectivity index (χ2v) is 5.43. The second kappa shape index (κ2) is 5.31. The minimum Gasteiger partial charge on any atom is -0.318 e. The predicted molar refractivity (Wildman–Crippen MR) is 73.6 cm³/mol. The molecule has 2 aromatic rings. The monoisotopic (exact) mass is 278 g/mol. The average Bonchev–Trinajstić information content (AvgIpc) is 2.81. The van der Waals surface area contributed by atoms with Crippen molar-refractivity contribution >= 4 is 22.4 Å². The van der Waals surface area contributed by atoms with Crippen molar-refractivity contribution in [2.24, 2.45) is 7.05 Å². The summed E-state index contributed by atoms with van der Waals surface area (Å²) in [5.41, 5.74) is 0.248. The maximum Gasteiger partial charge on any atom is 0.258 e. The normalized spacial score (nSPS) is 10.7. The van der Waals surface area contributed by atoms with Crippen molar-refractivity contribution in [1.82, 2.24) is 14.8 Å². The van der Waals surface area contributed by atoms with Gasteiger partial charge in [0, 0.05) is 25.2 Å². The Kier molecular flexibility index (Phi) is 3.75. The van der Waals surface area contributed by atoms with Crippen LogP contribution in [0, 0.1) is 0 Å². The molecule has 0 spiro atoms. The van der Waals surface area contributed by atoms with E-state index in [0.29, 0.717) is 10.7 Å². The van der Waals surface area contributed by atoms with E-state index in [-0.39, 0.29) is 17.4 Å². The van der Waals surface area contributed by atoms with E-state index in [0.717, 1.165) is 5.01 Å². The minimum absolute atomic E-state index is 0.158. The zero-order chi connectivity index (χ0) is 14.0. The number of rotatable bonds is 3. The van der Waals surface area contributed by atoms with Crippen LogP contribution in [-0.4, -0.2) is 20.7 Å². The number of carbonyl (C=O) groups excluding carboxylic acids is 1. The molecule has 1 amide bonds. The van der Waals surface area contributed by atoms with Crippen molar-refractivity contribution in [3.63, 3.8) is 0 Å². The lowest BCUT2D eigenvalue weighted by molar-refractivity contribution is 0.102. The standard InChI is InChI=1S/C12H14N4O2S/c1-7(2)11-14-15-12(19-11)13-10(18)8-4-5-9(17)16(3)6-8/h4-7H,1-3H3,(H,13,15,18). The van der Waals surface area contributed by atoms with Gasteiger partial charge in [-0.3, -0.25) is 14.9 Å². The number of nitrogens with one attached hydrogen (secondary N) is 1. The highest BCUT2D eigenvalue weighted by molar-refractivity contribution is 7.15. The van der Waals surface area contributed by atoms with Gasteiger partial charge >= 0.3 is 0 Å². The van der Waals surface area contributed by atoms with E-state index in [1.54, 1.807) is 7.05 Å². The zero-order valence-electron chi connectivity index (χ0n) is 10.9. The van der Waals surface area contributed by atoms with Gasteiger partial charge in [0.1, 0.15) is 5.01 Å². The maximum atomic E-state index is 12.0. The molecule has 0 radical (unpaired) electrons. The molecule has 2 aromatic heterocycles. The van der Waals surface area contributed by atoms with Gasteiger partial charge in [-0.2, -0.15) is 0 Å². The number of nitrogens with zero attached hydrogens (tertiary/aromatic N) is 3. The summed E-state index contributed by atoms with van der Waals surface area (Å²) in [5, 5.41) is 11.9. The first-order valence-electron chi connectivity index (χ1n) is 5.79. The van der Waals surface area contributed by atoms with Gasteiger partial charge in [0.2, 0.25) is 10.7 Å². The van der Waals surface area contributed by atoms with E-state index in [4.69, 9.17) is 0 Å². The lowest BCUT2D eigenvalue weighted by Crippen LogP contribution is -2.19. The largest absolute Gasteiger partial charge is 0.318 e. The molecule has 0 aliphatic carbocycles. The van der Waals surface area contributed by atoms with Crippen LogP contribution in [0.1, 0.15) is 35.1 Å². The van der Waals surface area contributed by atoms with E-state index in [1.807, 2.05) is 13.8 Å². The summed E-state index contributed by atoms with van der Waals surface area (Å²) in [7, 11) is 1.60. The molecule has 1 N–H and O–H groups in total. The summed E-state index contributed by atoms with van der Waals surface area (Å²) >= 11 is 1.35. The molecular weight excluding hydrogens is 264 g/mol. The molecule has 6 nitrogen and oxygen atoms in total.